The fraction of sp³-hybridized carbons (Fsp3) is 0.270. The van der Waals surface area contributed by atoms with Crippen molar-refractivity contribution in [2.75, 3.05) is 6.54 Å². The number of benzene rings is 4. The van der Waals surface area contributed by atoms with Gasteiger partial charge in [0, 0.05) is 19.4 Å². The van der Waals surface area contributed by atoms with Gasteiger partial charge in [0.2, 0.25) is 11.8 Å². The van der Waals surface area contributed by atoms with E-state index in [1.54, 1.807) is 0 Å². The molecule has 0 spiro atoms. The highest BCUT2D eigenvalue weighted by Crippen LogP contribution is 2.30. The molecular formula is C37H41N3O6. The second-order valence-corrected chi connectivity index (χ2v) is 10.9. The van der Waals surface area contributed by atoms with Crippen LogP contribution in [0.4, 0.5) is 4.79 Å². The van der Waals surface area contributed by atoms with E-state index < -0.39 is 18.0 Å². The maximum Gasteiger partial charge on any atom is 0.407 e. The predicted octanol–water partition coefficient (Wildman–Crippen LogP) is 5.84. The molecule has 0 aliphatic carbocycles. The van der Waals surface area contributed by atoms with Crippen molar-refractivity contribution in [2.24, 2.45) is 5.73 Å². The van der Waals surface area contributed by atoms with E-state index in [-0.39, 0.29) is 25.4 Å². The van der Waals surface area contributed by atoms with E-state index in [0.29, 0.717) is 44.1 Å². The summed E-state index contributed by atoms with van der Waals surface area (Å²) in [4.78, 5) is 36.8. The Morgan fingerprint density at radius 1 is 0.630 bits per heavy atom. The number of alkyl carbamates (subject to hydrolysis) is 1. The first-order valence-corrected chi connectivity index (χ1v) is 15.5. The van der Waals surface area contributed by atoms with Crippen molar-refractivity contribution in [3.8, 4) is 11.5 Å². The first-order valence-electron chi connectivity index (χ1n) is 15.5. The third kappa shape index (κ3) is 12.0. The van der Waals surface area contributed by atoms with Gasteiger partial charge in [-0.3, -0.25) is 9.59 Å². The van der Waals surface area contributed by atoms with Crippen molar-refractivity contribution in [1.29, 1.82) is 0 Å². The van der Waals surface area contributed by atoms with Crippen LogP contribution in [0.25, 0.3) is 0 Å². The lowest BCUT2D eigenvalue weighted by molar-refractivity contribution is -0.127. The van der Waals surface area contributed by atoms with Gasteiger partial charge in [0.1, 0.15) is 25.9 Å². The number of nitrogens with two attached hydrogens (primary N) is 1. The number of hydrogen-bond donors (Lipinski definition) is 3. The Morgan fingerprint density at radius 3 is 1.78 bits per heavy atom. The van der Waals surface area contributed by atoms with Crippen molar-refractivity contribution in [2.45, 2.75) is 58.0 Å². The van der Waals surface area contributed by atoms with E-state index in [9.17, 15) is 14.4 Å². The van der Waals surface area contributed by atoms with Gasteiger partial charge in [0.25, 0.3) is 0 Å². The SMILES string of the molecule is NC(=O)[C@@H](Cc1ccc(OCc2ccccc2)c(OCc2ccccc2)c1)NC(=O)CCCCCNC(=O)OCc1ccccc1. The van der Waals surface area contributed by atoms with Gasteiger partial charge in [-0.1, -0.05) is 103 Å². The van der Waals surface area contributed by atoms with Gasteiger partial charge in [0.05, 0.1) is 0 Å². The zero-order chi connectivity index (χ0) is 32.4. The number of unbranched alkanes of at least 4 members (excludes halogenated alkanes) is 2. The summed E-state index contributed by atoms with van der Waals surface area (Å²) in [5, 5.41) is 5.49. The monoisotopic (exact) mass is 623 g/mol. The van der Waals surface area contributed by atoms with Crippen molar-refractivity contribution >= 4 is 17.9 Å². The first kappa shape index (κ1) is 33.6. The molecule has 1 atom stereocenters. The molecule has 0 aliphatic rings. The molecule has 46 heavy (non-hydrogen) atoms. The number of rotatable bonds is 18. The normalized spacial score (nSPS) is 11.2. The van der Waals surface area contributed by atoms with Crippen LogP contribution in [-0.2, 0) is 40.6 Å². The highest BCUT2D eigenvalue weighted by atomic mass is 16.5. The Hall–Kier alpha value is -5.31. The molecule has 0 radical (unpaired) electrons. The molecule has 0 saturated carbocycles. The van der Waals surface area contributed by atoms with Crippen molar-refractivity contribution in [3.05, 3.63) is 131 Å². The zero-order valence-corrected chi connectivity index (χ0v) is 25.9. The van der Waals surface area contributed by atoms with E-state index in [1.807, 2.05) is 109 Å². The summed E-state index contributed by atoms with van der Waals surface area (Å²) >= 11 is 0. The standard InChI is InChI=1S/C37H41N3O6/c38-36(42)32(40-35(41)19-11-4-12-22-39-37(43)46-27-30-17-9-3-10-18-30)23-31-20-21-33(44-25-28-13-5-1-6-14-28)34(24-31)45-26-29-15-7-2-8-16-29/h1-3,5-10,13-18,20-21,24,32H,4,11-12,19,22-23,25-27H2,(H2,38,42)(H,39,43)(H,40,41)/t32-/m1/s1. The molecule has 4 N–H and O–H groups in total. The quantitative estimate of drug-likeness (QED) is 0.119. The van der Waals surface area contributed by atoms with Crippen LogP contribution in [-0.4, -0.2) is 30.5 Å². The van der Waals surface area contributed by atoms with Gasteiger partial charge in [-0.15, -0.1) is 0 Å². The van der Waals surface area contributed by atoms with Crippen LogP contribution in [0.3, 0.4) is 0 Å². The smallest absolute Gasteiger partial charge is 0.407 e. The topological polar surface area (TPSA) is 129 Å². The molecule has 4 aromatic carbocycles. The summed E-state index contributed by atoms with van der Waals surface area (Å²) in [5.74, 6) is 0.219. The third-order valence-corrected chi connectivity index (χ3v) is 7.16. The van der Waals surface area contributed by atoms with E-state index in [4.69, 9.17) is 19.9 Å². The van der Waals surface area contributed by atoms with Crippen LogP contribution in [0, 0.1) is 0 Å². The van der Waals surface area contributed by atoms with Crippen molar-refractivity contribution in [3.63, 3.8) is 0 Å². The molecule has 9 heteroatoms. The Balaban J connectivity index is 1.24. The van der Waals surface area contributed by atoms with Gasteiger partial charge in [-0.2, -0.15) is 0 Å². The van der Waals surface area contributed by atoms with Gasteiger partial charge < -0.3 is 30.6 Å². The number of primary amides is 1. The maximum absolute atomic E-state index is 12.7. The predicted molar refractivity (Wildman–Crippen MR) is 176 cm³/mol. The van der Waals surface area contributed by atoms with E-state index in [0.717, 1.165) is 28.7 Å². The van der Waals surface area contributed by atoms with Crippen LogP contribution in [0.5, 0.6) is 11.5 Å². The molecule has 0 aliphatic heterocycles. The number of amides is 3. The number of hydrogen-bond acceptors (Lipinski definition) is 6. The van der Waals surface area contributed by atoms with Gasteiger partial charge in [-0.05, 0) is 47.2 Å². The maximum atomic E-state index is 12.7. The van der Waals surface area contributed by atoms with Crippen LogP contribution < -0.4 is 25.8 Å². The molecule has 0 saturated heterocycles. The Bertz CT molecular complexity index is 1520. The summed E-state index contributed by atoms with van der Waals surface area (Å²) in [7, 11) is 0. The van der Waals surface area contributed by atoms with Gasteiger partial charge in [0.15, 0.2) is 11.5 Å². The molecule has 9 nitrogen and oxygen atoms in total. The second kappa shape index (κ2) is 18.5. The van der Waals surface area contributed by atoms with Crippen LogP contribution in [0.1, 0.15) is 47.9 Å². The molecule has 240 valence electrons. The zero-order valence-electron chi connectivity index (χ0n) is 25.9. The molecule has 0 unspecified atom stereocenters. The van der Waals surface area contributed by atoms with Crippen molar-refractivity contribution < 1.29 is 28.6 Å². The lowest BCUT2D eigenvalue weighted by atomic mass is 10.0. The summed E-state index contributed by atoms with van der Waals surface area (Å²) in [6, 6.07) is 33.7. The third-order valence-electron chi connectivity index (χ3n) is 7.16. The largest absolute Gasteiger partial charge is 0.485 e. The second-order valence-electron chi connectivity index (χ2n) is 10.9. The lowest BCUT2D eigenvalue weighted by Gasteiger charge is -2.18. The average molecular weight is 624 g/mol. The molecule has 4 aromatic rings. The minimum Gasteiger partial charge on any atom is -0.485 e. The fourth-order valence-electron chi connectivity index (χ4n) is 4.66. The van der Waals surface area contributed by atoms with E-state index >= 15 is 0 Å². The molecule has 0 heterocycles. The number of ether oxygens (including phenoxy) is 3. The summed E-state index contributed by atoms with van der Waals surface area (Å²) < 4.78 is 17.4. The van der Waals surface area contributed by atoms with Crippen LogP contribution in [0.15, 0.2) is 109 Å². The summed E-state index contributed by atoms with van der Waals surface area (Å²) in [5.41, 5.74) is 9.38. The number of nitrogens with one attached hydrogen (secondary N) is 2. The highest BCUT2D eigenvalue weighted by Gasteiger charge is 2.20. The summed E-state index contributed by atoms with van der Waals surface area (Å²) in [6.07, 6.45) is 1.98. The molecule has 0 fully saturated rings. The highest BCUT2D eigenvalue weighted by molar-refractivity contribution is 5.86. The number of carbonyl (C=O) groups excluding carboxylic acids is 3. The van der Waals surface area contributed by atoms with E-state index in [2.05, 4.69) is 10.6 Å². The molecule has 0 aromatic heterocycles. The van der Waals surface area contributed by atoms with Crippen LogP contribution >= 0.6 is 0 Å². The lowest BCUT2D eigenvalue weighted by Crippen LogP contribution is -2.45. The van der Waals surface area contributed by atoms with Gasteiger partial charge >= 0.3 is 6.09 Å². The van der Waals surface area contributed by atoms with Gasteiger partial charge in [-0.25, -0.2) is 4.79 Å². The fourth-order valence-corrected chi connectivity index (χ4v) is 4.66. The Morgan fingerprint density at radius 2 is 1.20 bits per heavy atom. The van der Waals surface area contributed by atoms with E-state index in [1.165, 1.54) is 0 Å². The number of carbonyl (C=O) groups is 3. The first-order chi connectivity index (χ1) is 22.5. The molecule has 0 bridgehead atoms. The Labute approximate surface area is 270 Å². The van der Waals surface area contributed by atoms with Crippen LogP contribution in [0.2, 0.25) is 0 Å². The summed E-state index contributed by atoms with van der Waals surface area (Å²) in [6.45, 7) is 1.36. The molecule has 3 amide bonds. The Kier molecular flexibility index (Phi) is 13.5. The minimum atomic E-state index is -0.883. The average Bonchev–Trinajstić information content (AvgIpc) is 3.08. The molecular weight excluding hydrogens is 582 g/mol. The minimum absolute atomic E-state index is 0.205. The van der Waals surface area contributed by atoms with Crippen molar-refractivity contribution in [1.82, 2.24) is 10.6 Å². The molecule has 4 rings (SSSR count).